The normalized spacial score (nSPS) is 9.50. The molecule has 0 amide bonds. The maximum absolute atomic E-state index is 11.0. The molecule has 0 aliphatic heterocycles. The maximum Gasteiger partial charge on any atom is 1.00 e. The Hall–Kier alpha value is 1.49. The van der Waals surface area contributed by atoms with Crippen LogP contribution in [0.5, 0.6) is 0 Å². The van der Waals surface area contributed by atoms with Gasteiger partial charge in [-0.05, 0) is 12.1 Å². The summed E-state index contributed by atoms with van der Waals surface area (Å²) in [5.41, 5.74) is -0.591. The number of hydrogen-bond donors (Lipinski definition) is 0. The molecule has 0 aromatic heterocycles. The minimum Gasteiger partial charge on any atom is -0.545 e. The summed E-state index contributed by atoms with van der Waals surface area (Å²) in [7, 11) is 0. The van der Waals surface area contributed by atoms with Crippen molar-refractivity contribution in [1.29, 1.82) is 0 Å². The van der Waals surface area contributed by atoms with Gasteiger partial charge in [-0.25, -0.2) is 0 Å². The Morgan fingerprint density at radius 2 is 1.10 bits per heavy atom. The number of carboxylic acid groups (broad SMARTS) is 2. The van der Waals surface area contributed by atoms with E-state index >= 15 is 0 Å². The molecule has 0 aliphatic carbocycles. The maximum atomic E-state index is 11.0. The molecule has 2 rings (SSSR count). The third kappa shape index (κ3) is 4.27. The number of carbonyl (C=O) groups is 2. The Bertz CT molecular complexity index is 634. The van der Waals surface area contributed by atoms with Gasteiger partial charge in [0, 0.05) is 31.9 Å². The Morgan fingerprint density at radius 1 is 0.750 bits per heavy atom. The first-order valence-electron chi connectivity index (χ1n) is 4.77. The van der Waals surface area contributed by atoms with Crippen LogP contribution in [0, 0.1) is 0 Å². The first-order valence-corrected chi connectivity index (χ1v) is 5.52. The third-order valence-electron chi connectivity index (χ3n) is 2.50. The van der Waals surface area contributed by atoms with E-state index < -0.39 is 11.9 Å². The van der Waals surface area contributed by atoms with Crippen LogP contribution in [0.25, 0.3) is 10.8 Å². The molecule has 2 aromatic carbocycles. The summed E-state index contributed by atoms with van der Waals surface area (Å²) in [6, 6.07) is 4.98. The van der Waals surface area contributed by atoms with Gasteiger partial charge in [0.25, 0.3) is 0 Å². The standard InChI is InChI=1S/C12H6Cl2O4.2K/c13-7-3-1-5(11(15)16)9-6(12(17)18)2-4-8(14)10(7)9;;/h1-4H,(H,15,16)(H,17,18);;/q;2*+1/p-2. The van der Waals surface area contributed by atoms with Gasteiger partial charge in [-0.2, -0.15) is 0 Å². The quantitative estimate of drug-likeness (QED) is 0.502. The van der Waals surface area contributed by atoms with Gasteiger partial charge in [0.15, 0.2) is 0 Å². The molecule has 4 nitrogen and oxygen atoms in total. The van der Waals surface area contributed by atoms with Gasteiger partial charge >= 0.3 is 103 Å². The summed E-state index contributed by atoms with van der Waals surface area (Å²) in [4.78, 5) is 22.0. The van der Waals surface area contributed by atoms with Crippen molar-refractivity contribution in [3.05, 3.63) is 45.4 Å². The second-order valence-electron chi connectivity index (χ2n) is 3.51. The third-order valence-corrected chi connectivity index (χ3v) is 3.13. The Kier molecular flexibility index (Phi) is 9.62. The van der Waals surface area contributed by atoms with Gasteiger partial charge in [0.1, 0.15) is 0 Å². The number of halogens is 2. The molecule has 20 heavy (non-hydrogen) atoms. The Balaban J connectivity index is 0.00000180. The van der Waals surface area contributed by atoms with Crippen molar-refractivity contribution in [2.75, 3.05) is 0 Å². The Labute approximate surface area is 209 Å². The summed E-state index contributed by atoms with van der Waals surface area (Å²) in [5, 5.41) is 22.4. The van der Waals surface area contributed by atoms with E-state index in [0.717, 1.165) is 0 Å². The predicted molar refractivity (Wildman–Crippen MR) is 62.6 cm³/mol. The van der Waals surface area contributed by atoms with Crippen molar-refractivity contribution >= 4 is 45.9 Å². The molecule has 92 valence electrons. The number of carbonyl (C=O) groups excluding carboxylic acids is 2. The zero-order valence-corrected chi connectivity index (χ0v) is 18.5. The molecule has 0 unspecified atom stereocenters. The van der Waals surface area contributed by atoms with Gasteiger partial charge in [0.05, 0.1) is 11.9 Å². The van der Waals surface area contributed by atoms with Crippen LogP contribution in [0.3, 0.4) is 0 Å². The molecule has 0 fully saturated rings. The van der Waals surface area contributed by atoms with Crippen LogP contribution in [-0.2, 0) is 0 Å². The zero-order valence-electron chi connectivity index (χ0n) is 10.7. The molecule has 0 spiro atoms. The van der Waals surface area contributed by atoms with E-state index in [1.54, 1.807) is 0 Å². The molecule has 0 saturated heterocycles. The van der Waals surface area contributed by atoms with Crippen molar-refractivity contribution in [3.8, 4) is 0 Å². The summed E-state index contributed by atoms with van der Waals surface area (Å²) >= 11 is 11.8. The molecule has 0 radical (unpaired) electrons. The van der Waals surface area contributed by atoms with E-state index in [1.807, 2.05) is 0 Å². The van der Waals surface area contributed by atoms with Gasteiger partial charge in [-0.1, -0.05) is 35.3 Å². The smallest absolute Gasteiger partial charge is 0.545 e. The van der Waals surface area contributed by atoms with Crippen LogP contribution in [0.4, 0.5) is 0 Å². The molecule has 0 bridgehead atoms. The molecule has 0 N–H and O–H groups in total. The molecule has 0 heterocycles. The summed E-state index contributed by atoms with van der Waals surface area (Å²) in [6.07, 6.45) is 0. The fourth-order valence-corrected chi connectivity index (χ4v) is 2.32. The number of hydrogen-bond acceptors (Lipinski definition) is 4. The molecular formula is C12H4Cl2K2O4. The minimum atomic E-state index is -1.51. The number of aromatic carboxylic acids is 2. The van der Waals surface area contributed by atoms with Crippen molar-refractivity contribution in [2.45, 2.75) is 0 Å². The van der Waals surface area contributed by atoms with Crippen LogP contribution in [0.1, 0.15) is 20.7 Å². The van der Waals surface area contributed by atoms with Crippen molar-refractivity contribution < 1.29 is 123 Å². The summed E-state index contributed by atoms with van der Waals surface area (Å²) in [6.45, 7) is 0. The molecule has 0 aliphatic rings. The van der Waals surface area contributed by atoms with Crippen LogP contribution in [0.15, 0.2) is 24.3 Å². The molecular weight excluding hydrogens is 357 g/mol. The van der Waals surface area contributed by atoms with E-state index in [2.05, 4.69) is 0 Å². The second-order valence-corrected chi connectivity index (χ2v) is 4.33. The van der Waals surface area contributed by atoms with Gasteiger partial charge in [-0.15, -0.1) is 0 Å². The fraction of sp³-hybridized carbons (Fsp3) is 0. The van der Waals surface area contributed by atoms with E-state index in [9.17, 15) is 19.8 Å². The zero-order chi connectivity index (χ0) is 13.4. The minimum absolute atomic E-state index is 0. The monoisotopic (exact) mass is 360 g/mol. The van der Waals surface area contributed by atoms with Crippen molar-refractivity contribution in [3.63, 3.8) is 0 Å². The van der Waals surface area contributed by atoms with Crippen LogP contribution in [-0.4, -0.2) is 11.9 Å². The predicted octanol–water partition coefficient (Wildman–Crippen LogP) is -5.12. The van der Waals surface area contributed by atoms with Crippen LogP contribution < -0.4 is 113 Å². The fourth-order valence-electron chi connectivity index (χ4n) is 1.75. The molecule has 2 aromatic rings. The van der Waals surface area contributed by atoms with Crippen LogP contribution >= 0.6 is 23.2 Å². The van der Waals surface area contributed by atoms with Gasteiger partial charge < -0.3 is 19.8 Å². The number of carboxylic acids is 2. The second kappa shape index (κ2) is 8.95. The Morgan fingerprint density at radius 3 is 1.40 bits per heavy atom. The molecule has 0 saturated carbocycles. The topological polar surface area (TPSA) is 80.3 Å². The van der Waals surface area contributed by atoms with E-state index in [-0.39, 0.29) is 135 Å². The van der Waals surface area contributed by atoms with Crippen molar-refractivity contribution in [2.24, 2.45) is 0 Å². The number of rotatable bonds is 2. The van der Waals surface area contributed by atoms with Gasteiger partial charge in [-0.3, -0.25) is 0 Å². The van der Waals surface area contributed by atoms with E-state index in [0.29, 0.717) is 0 Å². The van der Waals surface area contributed by atoms with E-state index in [4.69, 9.17) is 23.2 Å². The van der Waals surface area contributed by atoms with E-state index in [1.165, 1.54) is 24.3 Å². The first kappa shape index (κ1) is 21.5. The number of benzene rings is 2. The van der Waals surface area contributed by atoms with Crippen molar-refractivity contribution in [1.82, 2.24) is 0 Å². The largest absolute Gasteiger partial charge is 1.00 e. The number of fused-ring (bicyclic) bond motifs is 1. The molecule has 8 heteroatoms. The van der Waals surface area contributed by atoms with Gasteiger partial charge in [0.2, 0.25) is 0 Å². The first-order chi connectivity index (χ1) is 8.43. The molecule has 0 atom stereocenters. The SMILES string of the molecule is O=C([O-])c1ccc(Cl)c2c(Cl)ccc(C(=O)[O-])c12.[K+].[K+]. The average molecular weight is 361 g/mol. The average Bonchev–Trinajstić information content (AvgIpc) is 2.28. The summed E-state index contributed by atoms with van der Waals surface area (Å²) in [5.74, 6) is -3.03. The summed E-state index contributed by atoms with van der Waals surface area (Å²) < 4.78 is 0. The van der Waals surface area contributed by atoms with Crippen LogP contribution in [0.2, 0.25) is 10.0 Å².